The van der Waals surface area contributed by atoms with Crippen molar-refractivity contribution in [3.8, 4) is 0 Å². The normalized spacial score (nSPS) is 23.1. The van der Waals surface area contributed by atoms with Crippen molar-refractivity contribution in [1.82, 2.24) is 9.88 Å². The van der Waals surface area contributed by atoms with Crippen molar-refractivity contribution in [2.24, 2.45) is 5.92 Å². The molecule has 1 aromatic rings. The number of likely N-dealkylation sites (tertiary alicyclic amines) is 1. The molecule has 2 rings (SSSR count). The summed E-state index contributed by atoms with van der Waals surface area (Å²) >= 11 is 0. The van der Waals surface area contributed by atoms with Gasteiger partial charge in [-0.05, 0) is 30.9 Å². The van der Waals surface area contributed by atoms with E-state index >= 15 is 0 Å². The van der Waals surface area contributed by atoms with Crippen molar-refractivity contribution in [1.29, 1.82) is 0 Å². The van der Waals surface area contributed by atoms with Gasteiger partial charge >= 0.3 is 5.97 Å². The smallest absolute Gasteiger partial charge is 0.326 e. The molecule has 0 aliphatic carbocycles. The van der Waals surface area contributed by atoms with E-state index in [2.05, 4.69) is 4.98 Å². The topological polar surface area (TPSA) is 70.5 Å². The Morgan fingerprint density at radius 1 is 1.47 bits per heavy atom. The van der Waals surface area contributed by atoms with Gasteiger partial charge in [-0.2, -0.15) is 0 Å². The number of piperidine rings is 1. The van der Waals surface area contributed by atoms with Gasteiger partial charge in [-0.1, -0.05) is 13.0 Å². The van der Waals surface area contributed by atoms with Crippen LogP contribution < -0.4 is 0 Å². The number of carboxylic acids is 1. The monoisotopic (exact) mass is 262 g/mol. The van der Waals surface area contributed by atoms with E-state index in [0.717, 1.165) is 12.8 Å². The molecular weight excluding hydrogens is 244 g/mol. The lowest BCUT2D eigenvalue weighted by Crippen LogP contribution is -2.52. The minimum atomic E-state index is -0.915. The summed E-state index contributed by atoms with van der Waals surface area (Å²) in [4.78, 5) is 29.2. The molecule has 0 spiro atoms. The van der Waals surface area contributed by atoms with Gasteiger partial charge in [-0.15, -0.1) is 0 Å². The molecule has 102 valence electrons. The Hall–Kier alpha value is -1.91. The summed E-state index contributed by atoms with van der Waals surface area (Å²) in [6.07, 6.45) is 3.51. The molecule has 1 aliphatic heterocycles. The summed E-state index contributed by atoms with van der Waals surface area (Å²) in [6, 6.07) is 4.69. The first-order chi connectivity index (χ1) is 9.09. The highest BCUT2D eigenvalue weighted by Gasteiger charge is 2.36. The SMILES string of the molecule is CC1CCCN(C(=O)Cc2ccccn2)C1C(=O)O. The maximum Gasteiger partial charge on any atom is 0.326 e. The van der Waals surface area contributed by atoms with Gasteiger partial charge < -0.3 is 10.0 Å². The van der Waals surface area contributed by atoms with Gasteiger partial charge in [0.05, 0.1) is 6.42 Å². The Balaban J connectivity index is 2.10. The van der Waals surface area contributed by atoms with Crippen LogP contribution in [0.5, 0.6) is 0 Å². The van der Waals surface area contributed by atoms with Crippen LogP contribution in [0.1, 0.15) is 25.5 Å². The highest BCUT2D eigenvalue weighted by Crippen LogP contribution is 2.24. The molecule has 0 saturated carbocycles. The van der Waals surface area contributed by atoms with Crippen LogP contribution in [0.2, 0.25) is 0 Å². The summed E-state index contributed by atoms with van der Waals surface area (Å²) in [5.41, 5.74) is 0.676. The molecule has 2 atom stereocenters. The van der Waals surface area contributed by atoms with Crippen LogP contribution in [-0.2, 0) is 16.0 Å². The van der Waals surface area contributed by atoms with Crippen molar-refractivity contribution < 1.29 is 14.7 Å². The van der Waals surface area contributed by atoms with Gasteiger partial charge in [0.25, 0.3) is 0 Å². The third-order valence-electron chi connectivity index (χ3n) is 3.57. The fourth-order valence-electron chi connectivity index (χ4n) is 2.60. The fraction of sp³-hybridized carbons (Fsp3) is 0.500. The van der Waals surface area contributed by atoms with Crippen LogP contribution in [0.4, 0.5) is 0 Å². The first kappa shape index (κ1) is 13.5. The van der Waals surface area contributed by atoms with E-state index in [1.807, 2.05) is 13.0 Å². The van der Waals surface area contributed by atoms with E-state index in [-0.39, 0.29) is 18.2 Å². The zero-order valence-corrected chi connectivity index (χ0v) is 11.0. The summed E-state index contributed by atoms with van der Waals surface area (Å²) in [6.45, 7) is 2.41. The number of carboxylic acid groups (broad SMARTS) is 1. The molecule has 1 aliphatic rings. The van der Waals surface area contributed by atoms with Gasteiger partial charge in [0.1, 0.15) is 6.04 Å². The quantitative estimate of drug-likeness (QED) is 0.892. The van der Waals surface area contributed by atoms with E-state index < -0.39 is 12.0 Å². The molecule has 0 aromatic carbocycles. The molecule has 2 heterocycles. The lowest BCUT2D eigenvalue weighted by molar-refractivity contribution is -0.154. The number of aromatic nitrogens is 1. The number of hydrogen-bond acceptors (Lipinski definition) is 3. The molecule has 1 aromatic heterocycles. The van der Waals surface area contributed by atoms with Crippen LogP contribution >= 0.6 is 0 Å². The standard InChI is InChI=1S/C14H18N2O3/c1-10-5-4-8-16(13(10)14(18)19)12(17)9-11-6-2-3-7-15-11/h2-3,6-7,10,13H,4-5,8-9H2,1H3,(H,18,19). The highest BCUT2D eigenvalue weighted by atomic mass is 16.4. The second-order valence-corrected chi connectivity index (χ2v) is 4.99. The van der Waals surface area contributed by atoms with Crippen molar-refractivity contribution in [3.05, 3.63) is 30.1 Å². The third kappa shape index (κ3) is 3.10. The van der Waals surface area contributed by atoms with Crippen molar-refractivity contribution >= 4 is 11.9 Å². The van der Waals surface area contributed by atoms with Crippen molar-refractivity contribution in [2.75, 3.05) is 6.54 Å². The predicted octanol–water partition coefficient (Wildman–Crippen LogP) is 1.34. The average Bonchev–Trinajstić information content (AvgIpc) is 2.39. The maximum atomic E-state index is 12.3. The van der Waals surface area contributed by atoms with Gasteiger partial charge in [-0.3, -0.25) is 9.78 Å². The average molecular weight is 262 g/mol. The first-order valence-electron chi connectivity index (χ1n) is 6.52. The molecule has 5 nitrogen and oxygen atoms in total. The second-order valence-electron chi connectivity index (χ2n) is 4.99. The molecule has 2 unspecified atom stereocenters. The van der Waals surface area contributed by atoms with E-state index in [1.165, 1.54) is 4.90 Å². The summed E-state index contributed by atoms with van der Waals surface area (Å²) in [5.74, 6) is -1.07. The summed E-state index contributed by atoms with van der Waals surface area (Å²) in [7, 11) is 0. The minimum absolute atomic E-state index is 0.000988. The number of amides is 1. The lowest BCUT2D eigenvalue weighted by atomic mass is 9.90. The number of hydrogen-bond donors (Lipinski definition) is 1. The van der Waals surface area contributed by atoms with Crippen LogP contribution in [0.15, 0.2) is 24.4 Å². The number of carbonyl (C=O) groups is 2. The largest absolute Gasteiger partial charge is 0.480 e. The van der Waals surface area contributed by atoms with Crippen LogP contribution in [-0.4, -0.2) is 39.5 Å². The Morgan fingerprint density at radius 2 is 2.26 bits per heavy atom. The zero-order chi connectivity index (χ0) is 13.8. The Labute approximate surface area is 112 Å². The molecule has 0 radical (unpaired) electrons. The first-order valence-corrected chi connectivity index (χ1v) is 6.52. The molecule has 1 amide bonds. The molecule has 0 bridgehead atoms. The van der Waals surface area contributed by atoms with Crippen LogP contribution in [0.25, 0.3) is 0 Å². The maximum absolute atomic E-state index is 12.3. The number of pyridine rings is 1. The van der Waals surface area contributed by atoms with Crippen molar-refractivity contribution in [3.63, 3.8) is 0 Å². The van der Waals surface area contributed by atoms with Crippen LogP contribution in [0.3, 0.4) is 0 Å². The van der Waals surface area contributed by atoms with Gasteiger partial charge in [0, 0.05) is 18.4 Å². The van der Waals surface area contributed by atoms with Gasteiger partial charge in [0.2, 0.25) is 5.91 Å². The number of carbonyl (C=O) groups excluding carboxylic acids is 1. The van der Waals surface area contributed by atoms with E-state index in [4.69, 9.17) is 0 Å². The fourth-order valence-corrected chi connectivity index (χ4v) is 2.60. The van der Waals surface area contributed by atoms with E-state index in [1.54, 1.807) is 18.3 Å². The summed E-state index contributed by atoms with van der Waals surface area (Å²) < 4.78 is 0. The second kappa shape index (κ2) is 5.82. The zero-order valence-electron chi connectivity index (χ0n) is 11.0. The Kier molecular flexibility index (Phi) is 4.14. The van der Waals surface area contributed by atoms with Crippen LogP contribution in [0, 0.1) is 5.92 Å². The predicted molar refractivity (Wildman–Crippen MR) is 69.5 cm³/mol. The van der Waals surface area contributed by atoms with Gasteiger partial charge in [-0.25, -0.2) is 4.79 Å². The number of rotatable bonds is 3. The number of nitrogens with zero attached hydrogens (tertiary/aromatic N) is 2. The summed E-state index contributed by atoms with van der Waals surface area (Å²) in [5, 5.41) is 9.28. The molecule has 5 heteroatoms. The Bertz CT molecular complexity index is 461. The minimum Gasteiger partial charge on any atom is -0.480 e. The molecule has 19 heavy (non-hydrogen) atoms. The third-order valence-corrected chi connectivity index (χ3v) is 3.57. The molecule has 1 N–H and O–H groups in total. The van der Waals surface area contributed by atoms with Crippen molar-refractivity contribution in [2.45, 2.75) is 32.2 Å². The molecule has 1 saturated heterocycles. The number of aliphatic carboxylic acids is 1. The van der Waals surface area contributed by atoms with E-state index in [9.17, 15) is 14.7 Å². The molecule has 1 fully saturated rings. The van der Waals surface area contributed by atoms with E-state index in [0.29, 0.717) is 12.2 Å². The van der Waals surface area contributed by atoms with Gasteiger partial charge in [0.15, 0.2) is 0 Å². The lowest BCUT2D eigenvalue weighted by Gasteiger charge is -2.37. The molecular formula is C14H18N2O3. The highest BCUT2D eigenvalue weighted by molar-refractivity contribution is 5.85. The Morgan fingerprint density at radius 3 is 2.89 bits per heavy atom.